The Balaban J connectivity index is 2.13. The summed E-state index contributed by atoms with van der Waals surface area (Å²) < 4.78 is 10.4. The van der Waals surface area contributed by atoms with E-state index in [1.807, 2.05) is 0 Å². The number of halogens is 2. The summed E-state index contributed by atoms with van der Waals surface area (Å²) in [5.41, 5.74) is 1.23. The number of rotatable bonds is 5. The molecule has 0 fully saturated rings. The summed E-state index contributed by atoms with van der Waals surface area (Å²) in [6.07, 6.45) is 3.05. The molecular weight excluding hydrogens is 337 g/mol. The first-order valence-electron chi connectivity index (χ1n) is 6.69. The molecule has 0 saturated carbocycles. The van der Waals surface area contributed by atoms with E-state index in [4.69, 9.17) is 32.7 Å². The van der Waals surface area contributed by atoms with E-state index in [2.05, 4.69) is 5.32 Å². The summed E-state index contributed by atoms with van der Waals surface area (Å²) in [7, 11) is 3.13. The number of methoxy groups -OCH3 is 2. The van der Waals surface area contributed by atoms with Gasteiger partial charge in [0.25, 0.3) is 0 Å². The molecule has 0 heterocycles. The number of carbonyl (C=O) groups is 1. The van der Waals surface area contributed by atoms with Crippen molar-refractivity contribution in [3.05, 3.63) is 58.1 Å². The molecule has 120 valence electrons. The average Bonchev–Trinajstić information content (AvgIpc) is 2.56. The number of hydrogen-bond acceptors (Lipinski definition) is 3. The molecule has 0 unspecified atom stereocenters. The van der Waals surface area contributed by atoms with Crippen molar-refractivity contribution in [1.82, 2.24) is 0 Å². The van der Waals surface area contributed by atoms with Crippen molar-refractivity contribution in [2.45, 2.75) is 0 Å². The van der Waals surface area contributed by atoms with Gasteiger partial charge in [0.2, 0.25) is 5.91 Å². The van der Waals surface area contributed by atoms with E-state index in [0.717, 1.165) is 5.56 Å². The van der Waals surface area contributed by atoms with Gasteiger partial charge >= 0.3 is 0 Å². The van der Waals surface area contributed by atoms with Gasteiger partial charge < -0.3 is 14.8 Å². The number of hydrogen-bond donors (Lipinski definition) is 1. The maximum absolute atomic E-state index is 12.0. The Morgan fingerprint density at radius 1 is 1.04 bits per heavy atom. The zero-order valence-electron chi connectivity index (χ0n) is 12.6. The molecule has 0 saturated heterocycles. The Bertz CT molecular complexity index is 722. The normalized spacial score (nSPS) is 10.6. The molecular formula is C17H15Cl2NO3. The van der Waals surface area contributed by atoms with E-state index < -0.39 is 0 Å². The van der Waals surface area contributed by atoms with Crippen molar-refractivity contribution in [2.24, 2.45) is 0 Å². The predicted octanol–water partition coefficient (Wildman–Crippen LogP) is 4.66. The summed E-state index contributed by atoms with van der Waals surface area (Å²) in [4.78, 5) is 12.0. The molecule has 23 heavy (non-hydrogen) atoms. The van der Waals surface area contributed by atoms with Crippen LogP contribution in [0.15, 0.2) is 42.5 Å². The average molecular weight is 352 g/mol. The maximum Gasteiger partial charge on any atom is 0.248 e. The summed E-state index contributed by atoms with van der Waals surface area (Å²) in [6.45, 7) is 0. The molecule has 0 aliphatic carbocycles. The molecule has 4 nitrogen and oxygen atoms in total. The molecule has 0 aromatic heterocycles. The van der Waals surface area contributed by atoms with E-state index in [1.54, 1.807) is 56.7 Å². The van der Waals surface area contributed by atoms with Gasteiger partial charge in [0.15, 0.2) is 0 Å². The van der Waals surface area contributed by atoms with Crippen molar-refractivity contribution in [3.63, 3.8) is 0 Å². The maximum atomic E-state index is 12.0. The lowest BCUT2D eigenvalue weighted by molar-refractivity contribution is -0.111. The third-order valence-electron chi connectivity index (χ3n) is 2.99. The van der Waals surface area contributed by atoms with Crippen LogP contribution in [0.5, 0.6) is 11.5 Å². The lowest BCUT2D eigenvalue weighted by Crippen LogP contribution is -2.08. The fourth-order valence-corrected chi connectivity index (χ4v) is 2.20. The summed E-state index contributed by atoms with van der Waals surface area (Å²) >= 11 is 11.9. The Kier molecular flexibility index (Phi) is 5.90. The van der Waals surface area contributed by atoms with Crippen molar-refractivity contribution in [1.29, 1.82) is 0 Å². The first kappa shape index (κ1) is 17.2. The molecule has 0 aliphatic rings. The number of carbonyl (C=O) groups excluding carboxylic acids is 1. The van der Waals surface area contributed by atoms with Gasteiger partial charge in [-0.15, -0.1) is 0 Å². The fourth-order valence-electron chi connectivity index (χ4n) is 1.87. The monoisotopic (exact) mass is 351 g/mol. The van der Waals surface area contributed by atoms with Crippen molar-refractivity contribution in [3.8, 4) is 11.5 Å². The molecule has 1 amide bonds. The van der Waals surface area contributed by atoms with Crippen LogP contribution in [-0.2, 0) is 4.79 Å². The molecule has 6 heteroatoms. The van der Waals surface area contributed by atoms with Crippen molar-refractivity contribution < 1.29 is 14.3 Å². The van der Waals surface area contributed by atoms with E-state index in [9.17, 15) is 4.79 Å². The van der Waals surface area contributed by atoms with Gasteiger partial charge in [0.1, 0.15) is 11.5 Å². The van der Waals surface area contributed by atoms with Crippen LogP contribution in [0.3, 0.4) is 0 Å². The van der Waals surface area contributed by atoms with Gasteiger partial charge in [-0.1, -0.05) is 23.2 Å². The first-order chi connectivity index (χ1) is 11.0. The smallest absolute Gasteiger partial charge is 0.248 e. The quantitative estimate of drug-likeness (QED) is 0.796. The topological polar surface area (TPSA) is 47.6 Å². The standard InChI is InChI=1S/C17H15Cl2NO3/c1-22-13-7-11(8-14(10-13)23-2)3-6-17(21)20-16-9-12(18)4-5-15(16)19/h3-10H,1-2H3,(H,20,21)/b6-3+. The van der Waals surface area contributed by atoms with Crippen LogP contribution < -0.4 is 14.8 Å². The molecule has 2 aromatic rings. The highest BCUT2D eigenvalue weighted by Gasteiger charge is 2.05. The third kappa shape index (κ3) is 4.91. The van der Waals surface area contributed by atoms with Crippen LogP contribution in [0.4, 0.5) is 5.69 Å². The number of ether oxygens (including phenoxy) is 2. The molecule has 0 atom stereocenters. The van der Waals surface area contributed by atoms with Crippen LogP contribution in [0.2, 0.25) is 10.0 Å². The number of amides is 1. The highest BCUT2D eigenvalue weighted by Crippen LogP contribution is 2.26. The van der Waals surface area contributed by atoms with E-state index in [1.165, 1.54) is 6.08 Å². The Labute approximate surface area is 144 Å². The Hall–Kier alpha value is -2.17. The van der Waals surface area contributed by atoms with Gasteiger partial charge in [-0.3, -0.25) is 4.79 Å². The summed E-state index contributed by atoms with van der Waals surface area (Å²) in [5, 5.41) is 3.58. The van der Waals surface area contributed by atoms with Crippen LogP contribution in [0, 0.1) is 0 Å². The van der Waals surface area contributed by atoms with Gasteiger partial charge in [-0.25, -0.2) is 0 Å². The lowest BCUT2D eigenvalue weighted by Gasteiger charge is -2.06. The predicted molar refractivity (Wildman–Crippen MR) is 93.7 cm³/mol. The number of anilines is 1. The second-order valence-corrected chi connectivity index (χ2v) is 5.44. The first-order valence-corrected chi connectivity index (χ1v) is 7.44. The van der Waals surface area contributed by atoms with Crippen LogP contribution in [-0.4, -0.2) is 20.1 Å². The van der Waals surface area contributed by atoms with E-state index in [0.29, 0.717) is 27.2 Å². The van der Waals surface area contributed by atoms with Gasteiger partial charge in [-0.05, 0) is 42.0 Å². The van der Waals surface area contributed by atoms with Crippen molar-refractivity contribution >= 4 is 40.9 Å². The Morgan fingerprint density at radius 2 is 1.70 bits per heavy atom. The van der Waals surface area contributed by atoms with E-state index >= 15 is 0 Å². The molecule has 0 aliphatic heterocycles. The second kappa shape index (κ2) is 7.90. The Morgan fingerprint density at radius 3 is 2.30 bits per heavy atom. The van der Waals surface area contributed by atoms with Crippen molar-refractivity contribution in [2.75, 3.05) is 19.5 Å². The molecule has 2 aromatic carbocycles. The SMILES string of the molecule is COc1cc(/C=C/C(=O)Nc2cc(Cl)ccc2Cl)cc(OC)c1. The minimum absolute atomic E-state index is 0.323. The number of nitrogens with one attached hydrogen (secondary N) is 1. The molecule has 2 rings (SSSR count). The number of benzene rings is 2. The van der Waals surface area contributed by atoms with Crippen LogP contribution >= 0.6 is 23.2 Å². The minimum atomic E-state index is -0.323. The summed E-state index contributed by atoms with van der Waals surface area (Å²) in [6, 6.07) is 10.2. The van der Waals surface area contributed by atoms with E-state index in [-0.39, 0.29) is 5.91 Å². The highest BCUT2D eigenvalue weighted by atomic mass is 35.5. The fraction of sp³-hybridized carbons (Fsp3) is 0.118. The van der Waals surface area contributed by atoms with Gasteiger partial charge in [-0.2, -0.15) is 0 Å². The second-order valence-electron chi connectivity index (χ2n) is 4.59. The molecule has 1 N–H and O–H groups in total. The molecule has 0 spiro atoms. The zero-order valence-corrected chi connectivity index (χ0v) is 14.1. The minimum Gasteiger partial charge on any atom is -0.497 e. The van der Waals surface area contributed by atoms with Crippen LogP contribution in [0.25, 0.3) is 6.08 Å². The van der Waals surface area contributed by atoms with Gasteiger partial charge in [0, 0.05) is 17.2 Å². The van der Waals surface area contributed by atoms with Crippen LogP contribution in [0.1, 0.15) is 5.56 Å². The molecule has 0 bridgehead atoms. The zero-order chi connectivity index (χ0) is 16.8. The summed E-state index contributed by atoms with van der Waals surface area (Å²) in [5.74, 6) is 0.959. The van der Waals surface area contributed by atoms with Gasteiger partial charge in [0.05, 0.1) is 24.9 Å². The highest BCUT2D eigenvalue weighted by molar-refractivity contribution is 6.35. The lowest BCUT2D eigenvalue weighted by atomic mass is 10.2. The largest absolute Gasteiger partial charge is 0.497 e. The third-order valence-corrected chi connectivity index (χ3v) is 3.55. The molecule has 0 radical (unpaired) electrons.